The van der Waals surface area contributed by atoms with Crippen molar-refractivity contribution in [3.63, 3.8) is 0 Å². The summed E-state index contributed by atoms with van der Waals surface area (Å²) in [6.07, 6.45) is 1.83. The van der Waals surface area contributed by atoms with Gasteiger partial charge in [0.15, 0.2) is 0 Å². The van der Waals surface area contributed by atoms with Gasteiger partial charge in [0, 0.05) is 18.1 Å². The van der Waals surface area contributed by atoms with Gasteiger partial charge >= 0.3 is 0 Å². The van der Waals surface area contributed by atoms with E-state index in [-0.39, 0.29) is 27.9 Å². The predicted molar refractivity (Wildman–Crippen MR) is 79.6 cm³/mol. The van der Waals surface area contributed by atoms with E-state index in [4.69, 9.17) is 4.74 Å². The quantitative estimate of drug-likeness (QED) is 0.612. The monoisotopic (exact) mass is 291 g/mol. The molecule has 21 heavy (non-hydrogen) atoms. The molecule has 1 aromatic rings. The van der Waals surface area contributed by atoms with E-state index in [1.165, 1.54) is 6.07 Å². The van der Waals surface area contributed by atoms with Crippen molar-refractivity contribution in [1.82, 2.24) is 0 Å². The summed E-state index contributed by atoms with van der Waals surface area (Å²) in [6, 6.07) is 3.23. The second-order valence-corrected chi connectivity index (χ2v) is 5.76. The van der Waals surface area contributed by atoms with Crippen molar-refractivity contribution in [3.05, 3.63) is 33.4 Å². The molecule has 0 N–H and O–H groups in total. The fourth-order valence-corrected chi connectivity index (χ4v) is 3.12. The lowest BCUT2D eigenvalue weighted by molar-refractivity contribution is -0.385. The van der Waals surface area contributed by atoms with Gasteiger partial charge in [0.2, 0.25) is 0 Å². The van der Waals surface area contributed by atoms with E-state index in [1.807, 2.05) is 13.8 Å². The van der Waals surface area contributed by atoms with Crippen LogP contribution in [0.15, 0.2) is 12.1 Å². The Labute approximate surface area is 124 Å². The maximum atomic E-state index is 11.9. The molecule has 1 saturated carbocycles. The van der Waals surface area contributed by atoms with Gasteiger partial charge in [0.05, 0.1) is 10.3 Å². The molecule has 5 nitrogen and oxygen atoms in total. The van der Waals surface area contributed by atoms with Crippen LogP contribution in [0.4, 0.5) is 5.69 Å². The first kappa shape index (κ1) is 15.5. The third kappa shape index (κ3) is 2.41. The van der Waals surface area contributed by atoms with Gasteiger partial charge in [0.1, 0.15) is 17.6 Å². The summed E-state index contributed by atoms with van der Waals surface area (Å²) in [5, 5.41) is 10.9. The fraction of sp³-hybridized carbons (Fsp3) is 0.562. The molecule has 0 saturated heterocycles. The lowest BCUT2D eigenvalue weighted by Gasteiger charge is -2.46. The van der Waals surface area contributed by atoms with E-state index in [0.717, 1.165) is 18.4 Å². The molecule has 0 aromatic heterocycles. The number of Topliss-reactive ketones (excluding diaryl/α,β-unsaturated/α-hetero) is 1. The SMILES string of the molecule is CCC1(CC)C(=O)CC1Oc1cc(C)c([N+](=O)[O-])cc1C. The van der Waals surface area contributed by atoms with Crippen molar-refractivity contribution >= 4 is 11.5 Å². The number of aryl methyl sites for hydroxylation is 2. The molecule has 0 heterocycles. The fourth-order valence-electron chi connectivity index (χ4n) is 3.12. The summed E-state index contributed by atoms with van der Waals surface area (Å²) >= 11 is 0. The van der Waals surface area contributed by atoms with Crippen LogP contribution in [0.2, 0.25) is 0 Å². The number of nitro benzene ring substituents is 1. The lowest BCUT2D eigenvalue weighted by atomic mass is 9.61. The van der Waals surface area contributed by atoms with E-state index in [9.17, 15) is 14.9 Å². The highest BCUT2D eigenvalue weighted by molar-refractivity contribution is 5.92. The first-order valence-electron chi connectivity index (χ1n) is 7.31. The molecular formula is C16H21NO4. The second kappa shape index (κ2) is 5.47. The highest BCUT2D eigenvalue weighted by Gasteiger charge is 2.54. The molecule has 0 amide bonds. The first-order valence-corrected chi connectivity index (χ1v) is 7.31. The highest BCUT2D eigenvalue weighted by Crippen LogP contribution is 2.46. The van der Waals surface area contributed by atoms with Crippen LogP contribution < -0.4 is 4.74 Å². The Morgan fingerprint density at radius 2 is 1.90 bits per heavy atom. The van der Waals surface area contributed by atoms with Crippen LogP contribution in [-0.2, 0) is 4.79 Å². The highest BCUT2D eigenvalue weighted by atomic mass is 16.6. The van der Waals surface area contributed by atoms with Crippen molar-refractivity contribution in [3.8, 4) is 5.75 Å². The Bertz CT molecular complexity index is 590. The van der Waals surface area contributed by atoms with Crippen molar-refractivity contribution in [2.75, 3.05) is 0 Å². The van der Waals surface area contributed by atoms with Gasteiger partial charge in [-0.05, 0) is 38.3 Å². The maximum absolute atomic E-state index is 11.9. The number of nitro groups is 1. The molecule has 1 aromatic carbocycles. The zero-order valence-corrected chi connectivity index (χ0v) is 12.9. The molecular weight excluding hydrogens is 270 g/mol. The van der Waals surface area contributed by atoms with Gasteiger partial charge in [-0.3, -0.25) is 14.9 Å². The lowest BCUT2D eigenvalue weighted by Crippen LogP contribution is -2.56. The summed E-state index contributed by atoms with van der Waals surface area (Å²) in [7, 11) is 0. The van der Waals surface area contributed by atoms with Gasteiger partial charge < -0.3 is 4.74 Å². The topological polar surface area (TPSA) is 69.4 Å². The normalized spacial score (nSPS) is 20.0. The van der Waals surface area contributed by atoms with Gasteiger partial charge in [-0.2, -0.15) is 0 Å². The minimum atomic E-state index is -0.388. The molecule has 1 unspecified atom stereocenters. The van der Waals surface area contributed by atoms with Crippen LogP contribution >= 0.6 is 0 Å². The van der Waals surface area contributed by atoms with Crippen LogP contribution in [-0.4, -0.2) is 16.8 Å². The molecule has 1 aliphatic carbocycles. The molecule has 0 spiro atoms. The molecule has 0 radical (unpaired) electrons. The Morgan fingerprint density at radius 1 is 1.29 bits per heavy atom. The standard InChI is InChI=1S/C16H21NO4/c1-5-16(6-2)14(18)9-15(16)21-13-8-10(3)12(17(19)20)7-11(13)4/h7-8,15H,5-6,9H2,1-4H3. The number of ketones is 1. The summed E-state index contributed by atoms with van der Waals surface area (Å²) in [5.74, 6) is 0.899. The number of benzene rings is 1. The van der Waals surface area contributed by atoms with E-state index in [2.05, 4.69) is 0 Å². The van der Waals surface area contributed by atoms with E-state index in [0.29, 0.717) is 17.7 Å². The maximum Gasteiger partial charge on any atom is 0.272 e. The Hall–Kier alpha value is -1.91. The van der Waals surface area contributed by atoms with Crippen molar-refractivity contribution < 1.29 is 14.5 Å². The minimum Gasteiger partial charge on any atom is -0.489 e. The van der Waals surface area contributed by atoms with E-state index < -0.39 is 0 Å². The molecule has 1 atom stereocenters. The van der Waals surface area contributed by atoms with Crippen molar-refractivity contribution in [2.45, 2.75) is 53.1 Å². The minimum absolute atomic E-state index is 0.0989. The molecule has 0 aliphatic heterocycles. The molecule has 5 heteroatoms. The zero-order chi connectivity index (χ0) is 15.8. The molecule has 1 fully saturated rings. The number of ether oxygens (including phenoxy) is 1. The second-order valence-electron chi connectivity index (χ2n) is 5.76. The van der Waals surface area contributed by atoms with Crippen molar-refractivity contribution in [2.24, 2.45) is 5.41 Å². The third-order valence-electron chi connectivity index (χ3n) is 4.76. The van der Waals surface area contributed by atoms with Crippen LogP contribution in [0.25, 0.3) is 0 Å². The predicted octanol–water partition coefficient (Wildman–Crippen LogP) is 3.74. The molecule has 0 bridgehead atoms. The summed E-state index contributed by atoms with van der Waals surface area (Å²) in [4.78, 5) is 22.5. The summed E-state index contributed by atoms with van der Waals surface area (Å²) in [6.45, 7) is 7.50. The average molecular weight is 291 g/mol. The number of carbonyl (C=O) groups excluding carboxylic acids is 1. The molecule has 2 rings (SSSR count). The van der Waals surface area contributed by atoms with E-state index in [1.54, 1.807) is 19.9 Å². The van der Waals surface area contributed by atoms with Gasteiger partial charge in [-0.1, -0.05) is 13.8 Å². The van der Waals surface area contributed by atoms with Crippen LogP contribution in [0.5, 0.6) is 5.75 Å². The Kier molecular flexibility index (Phi) is 4.03. The first-order chi connectivity index (χ1) is 9.85. The van der Waals surface area contributed by atoms with Gasteiger partial charge in [0.25, 0.3) is 5.69 Å². The zero-order valence-electron chi connectivity index (χ0n) is 12.9. The van der Waals surface area contributed by atoms with Crippen LogP contribution in [0.3, 0.4) is 0 Å². The third-order valence-corrected chi connectivity index (χ3v) is 4.76. The average Bonchev–Trinajstić information content (AvgIpc) is 2.43. The van der Waals surface area contributed by atoms with Crippen molar-refractivity contribution in [1.29, 1.82) is 0 Å². The number of rotatable bonds is 5. The van der Waals surface area contributed by atoms with Crippen LogP contribution in [0.1, 0.15) is 44.2 Å². The Balaban J connectivity index is 2.27. The number of hydrogen-bond donors (Lipinski definition) is 0. The summed E-state index contributed by atoms with van der Waals surface area (Å²) in [5.41, 5.74) is 1.02. The number of carbonyl (C=O) groups is 1. The summed E-state index contributed by atoms with van der Waals surface area (Å²) < 4.78 is 6.02. The smallest absolute Gasteiger partial charge is 0.272 e. The number of hydrogen-bond acceptors (Lipinski definition) is 4. The Morgan fingerprint density at radius 3 is 2.38 bits per heavy atom. The molecule has 1 aliphatic rings. The molecule has 114 valence electrons. The van der Waals surface area contributed by atoms with Crippen LogP contribution in [0, 0.1) is 29.4 Å². The largest absolute Gasteiger partial charge is 0.489 e. The van der Waals surface area contributed by atoms with Gasteiger partial charge in [-0.15, -0.1) is 0 Å². The van der Waals surface area contributed by atoms with Gasteiger partial charge in [-0.25, -0.2) is 0 Å². The number of nitrogens with zero attached hydrogens (tertiary/aromatic N) is 1. The van der Waals surface area contributed by atoms with E-state index >= 15 is 0 Å².